The number of halogens is 2. The summed E-state index contributed by atoms with van der Waals surface area (Å²) in [5.41, 5.74) is 1.14. The van der Waals surface area contributed by atoms with Crippen LogP contribution in [0.4, 0.5) is 8.78 Å². The second kappa shape index (κ2) is 6.64. The quantitative estimate of drug-likeness (QED) is 0.507. The van der Waals surface area contributed by atoms with Gasteiger partial charge in [-0.15, -0.1) is 11.3 Å². The lowest BCUT2D eigenvalue weighted by atomic mass is 10.1. The van der Waals surface area contributed by atoms with Crippen LogP contribution in [0.5, 0.6) is 0 Å². The Labute approximate surface area is 150 Å². The van der Waals surface area contributed by atoms with E-state index in [4.69, 9.17) is 4.74 Å². The van der Waals surface area contributed by atoms with E-state index < -0.39 is 17.6 Å². The number of pyridine rings is 1. The van der Waals surface area contributed by atoms with E-state index in [0.717, 1.165) is 5.52 Å². The summed E-state index contributed by atoms with van der Waals surface area (Å²) in [5.74, 6) is -1.89. The number of ether oxygens (including phenoxy) is 1. The van der Waals surface area contributed by atoms with Crippen LogP contribution in [0, 0.1) is 11.6 Å². The summed E-state index contributed by atoms with van der Waals surface area (Å²) in [5, 5.41) is 1.98. The summed E-state index contributed by atoms with van der Waals surface area (Å²) in [7, 11) is 0. The molecule has 4 aromatic rings. The fourth-order valence-corrected chi connectivity index (χ4v) is 3.19. The number of benzene rings is 1. The van der Waals surface area contributed by atoms with Gasteiger partial charge in [0.1, 0.15) is 23.2 Å². The Morgan fingerprint density at radius 2 is 2.04 bits per heavy atom. The number of hydrogen-bond acceptors (Lipinski definition) is 5. The van der Waals surface area contributed by atoms with Gasteiger partial charge in [-0.3, -0.25) is 0 Å². The molecular weight excluding hydrogens is 360 g/mol. The lowest BCUT2D eigenvalue weighted by Crippen LogP contribution is -2.05. The Kier molecular flexibility index (Phi) is 4.18. The Bertz CT molecular complexity index is 1090. The highest BCUT2D eigenvalue weighted by molar-refractivity contribution is 7.09. The molecule has 0 fully saturated rings. The van der Waals surface area contributed by atoms with Crippen molar-refractivity contribution in [3.63, 3.8) is 0 Å². The zero-order valence-electron chi connectivity index (χ0n) is 13.2. The van der Waals surface area contributed by atoms with Gasteiger partial charge in [0.05, 0.1) is 34.9 Å². The molecule has 4 rings (SSSR count). The maximum absolute atomic E-state index is 13.8. The van der Waals surface area contributed by atoms with E-state index in [1.807, 2.05) is 0 Å². The number of imidazole rings is 1. The second-order valence-electron chi connectivity index (χ2n) is 5.44. The van der Waals surface area contributed by atoms with Crippen molar-refractivity contribution in [3.05, 3.63) is 76.6 Å². The minimum Gasteiger partial charge on any atom is -0.455 e. The molecule has 0 spiro atoms. The van der Waals surface area contributed by atoms with E-state index in [1.165, 1.54) is 34.9 Å². The van der Waals surface area contributed by atoms with Gasteiger partial charge in [0, 0.05) is 11.6 Å². The summed E-state index contributed by atoms with van der Waals surface area (Å²) in [6.45, 7) is -0.0794. The van der Waals surface area contributed by atoms with E-state index in [0.29, 0.717) is 10.6 Å². The fourth-order valence-electron chi connectivity index (χ4n) is 2.49. The molecule has 0 atom stereocenters. The van der Waals surface area contributed by atoms with E-state index in [1.54, 1.807) is 35.3 Å². The van der Waals surface area contributed by atoms with Gasteiger partial charge in [0.2, 0.25) is 0 Å². The van der Waals surface area contributed by atoms with Crippen molar-refractivity contribution in [2.45, 2.75) is 6.61 Å². The summed E-state index contributed by atoms with van der Waals surface area (Å²) < 4.78 is 34.6. The predicted octanol–water partition coefficient (Wildman–Crippen LogP) is 4.09. The molecule has 0 saturated heterocycles. The highest BCUT2D eigenvalue weighted by Crippen LogP contribution is 2.27. The fraction of sp³-hybridized carbons (Fsp3) is 0.0556. The molecule has 0 aliphatic carbocycles. The molecule has 1 aromatic carbocycles. The van der Waals surface area contributed by atoms with Crippen molar-refractivity contribution < 1.29 is 18.3 Å². The van der Waals surface area contributed by atoms with Crippen molar-refractivity contribution in [2.24, 2.45) is 0 Å². The molecule has 3 heterocycles. The smallest absolute Gasteiger partial charge is 0.338 e. The maximum atomic E-state index is 13.8. The maximum Gasteiger partial charge on any atom is 0.338 e. The molecular formula is C18H11F2N3O2S. The van der Waals surface area contributed by atoms with E-state index in [9.17, 15) is 13.6 Å². The van der Waals surface area contributed by atoms with Crippen LogP contribution in [0.1, 0.15) is 15.4 Å². The second-order valence-corrected chi connectivity index (χ2v) is 6.38. The van der Waals surface area contributed by atoms with Crippen LogP contribution in [0.2, 0.25) is 0 Å². The van der Waals surface area contributed by atoms with Crippen molar-refractivity contribution in [2.75, 3.05) is 0 Å². The summed E-state index contributed by atoms with van der Waals surface area (Å²) in [6.07, 6.45) is 4.97. The molecule has 5 nitrogen and oxygen atoms in total. The first-order chi connectivity index (χ1) is 12.6. The molecule has 0 amide bonds. The van der Waals surface area contributed by atoms with Crippen molar-refractivity contribution in [1.29, 1.82) is 0 Å². The Morgan fingerprint density at radius 1 is 1.23 bits per heavy atom. The Hall–Kier alpha value is -3.13. The standard InChI is InChI=1S/C18H11F2N3O2S/c19-13-2-1-3-14(20)17(13)15-9-26-16(22-15)8-25-18(24)11-4-5-23-10-21-7-12(23)6-11/h1-7,9-10H,8H2. The average molecular weight is 371 g/mol. The minimum absolute atomic E-state index is 0.0794. The van der Waals surface area contributed by atoms with Crippen LogP contribution in [-0.4, -0.2) is 20.3 Å². The van der Waals surface area contributed by atoms with Crippen LogP contribution < -0.4 is 0 Å². The van der Waals surface area contributed by atoms with Crippen molar-refractivity contribution >= 4 is 22.8 Å². The zero-order valence-corrected chi connectivity index (χ0v) is 14.0. The summed E-state index contributed by atoms with van der Waals surface area (Å²) >= 11 is 1.17. The van der Waals surface area contributed by atoms with Gasteiger partial charge in [-0.2, -0.15) is 0 Å². The number of aromatic nitrogens is 3. The summed E-state index contributed by atoms with van der Waals surface area (Å²) in [6, 6.07) is 6.92. The van der Waals surface area contributed by atoms with E-state index in [-0.39, 0.29) is 17.9 Å². The third kappa shape index (κ3) is 3.06. The monoisotopic (exact) mass is 371 g/mol. The van der Waals surface area contributed by atoms with Gasteiger partial charge in [0.25, 0.3) is 0 Å². The van der Waals surface area contributed by atoms with Crippen LogP contribution >= 0.6 is 11.3 Å². The SMILES string of the molecule is O=C(OCc1nc(-c2c(F)cccc2F)cs1)c1ccn2cncc2c1. The molecule has 0 N–H and O–H groups in total. The number of esters is 1. The molecule has 0 aliphatic rings. The number of thiazole rings is 1. The summed E-state index contributed by atoms with van der Waals surface area (Å²) in [4.78, 5) is 20.3. The highest BCUT2D eigenvalue weighted by Gasteiger charge is 2.15. The van der Waals surface area contributed by atoms with Gasteiger partial charge in [-0.1, -0.05) is 6.07 Å². The first-order valence-corrected chi connectivity index (χ1v) is 8.47. The number of carbonyl (C=O) groups is 1. The number of fused-ring (bicyclic) bond motifs is 1. The van der Waals surface area contributed by atoms with Crippen molar-refractivity contribution in [3.8, 4) is 11.3 Å². The lowest BCUT2D eigenvalue weighted by molar-refractivity contribution is 0.0472. The van der Waals surface area contributed by atoms with Crippen LogP contribution in [-0.2, 0) is 11.3 Å². The molecule has 26 heavy (non-hydrogen) atoms. The van der Waals surface area contributed by atoms with Gasteiger partial charge >= 0.3 is 5.97 Å². The molecule has 8 heteroatoms. The highest BCUT2D eigenvalue weighted by atomic mass is 32.1. The molecule has 0 aliphatic heterocycles. The normalized spacial score (nSPS) is 11.0. The third-order valence-corrected chi connectivity index (χ3v) is 4.57. The minimum atomic E-state index is -0.687. The van der Waals surface area contributed by atoms with Gasteiger partial charge in [-0.05, 0) is 24.3 Å². The van der Waals surface area contributed by atoms with Crippen LogP contribution in [0.3, 0.4) is 0 Å². The first kappa shape index (κ1) is 16.3. The van der Waals surface area contributed by atoms with Gasteiger partial charge in [0.15, 0.2) is 0 Å². The molecule has 0 unspecified atom stereocenters. The van der Waals surface area contributed by atoms with Crippen LogP contribution in [0.15, 0.2) is 54.4 Å². The number of rotatable bonds is 4. The van der Waals surface area contributed by atoms with Crippen LogP contribution in [0.25, 0.3) is 16.8 Å². The topological polar surface area (TPSA) is 56.5 Å². The first-order valence-electron chi connectivity index (χ1n) is 7.59. The predicted molar refractivity (Wildman–Crippen MR) is 91.8 cm³/mol. The molecule has 0 radical (unpaired) electrons. The number of hydrogen-bond donors (Lipinski definition) is 0. The number of nitrogens with zero attached hydrogens (tertiary/aromatic N) is 3. The molecule has 130 valence electrons. The number of carbonyl (C=O) groups excluding carboxylic acids is 1. The van der Waals surface area contributed by atoms with Crippen molar-refractivity contribution in [1.82, 2.24) is 14.4 Å². The van der Waals surface area contributed by atoms with E-state index in [2.05, 4.69) is 9.97 Å². The third-order valence-electron chi connectivity index (χ3n) is 3.75. The Balaban J connectivity index is 1.48. The lowest BCUT2D eigenvalue weighted by Gasteiger charge is -2.04. The average Bonchev–Trinajstić information content (AvgIpc) is 3.28. The van der Waals surface area contributed by atoms with Gasteiger partial charge < -0.3 is 9.14 Å². The Morgan fingerprint density at radius 3 is 2.85 bits per heavy atom. The zero-order chi connectivity index (χ0) is 18.1. The van der Waals surface area contributed by atoms with E-state index >= 15 is 0 Å². The van der Waals surface area contributed by atoms with Gasteiger partial charge in [-0.25, -0.2) is 23.5 Å². The molecule has 0 bridgehead atoms. The molecule has 3 aromatic heterocycles. The largest absolute Gasteiger partial charge is 0.455 e. The molecule has 0 saturated carbocycles.